The van der Waals surface area contributed by atoms with Gasteiger partial charge in [0.05, 0.1) is 6.07 Å². The highest BCUT2D eigenvalue weighted by atomic mass is 16.5. The first-order chi connectivity index (χ1) is 9.67. The number of rotatable bonds is 5. The first-order valence-corrected chi connectivity index (χ1v) is 7.11. The number of nitrogens with zero attached hydrogens (tertiary/aromatic N) is 1. The van der Waals surface area contributed by atoms with Crippen LogP contribution in [0.2, 0.25) is 0 Å². The summed E-state index contributed by atoms with van der Waals surface area (Å²) in [7, 11) is 0. The lowest BCUT2D eigenvalue weighted by atomic mass is 10.00. The van der Waals surface area contributed by atoms with Gasteiger partial charge in [-0.3, -0.25) is 4.79 Å². The minimum Gasteiger partial charge on any atom is -0.484 e. The van der Waals surface area contributed by atoms with Crippen molar-refractivity contribution in [1.82, 2.24) is 5.32 Å². The number of nitrogens with one attached hydrogen (secondary N) is 1. The number of nitriles is 1. The smallest absolute Gasteiger partial charge is 0.259 e. The Hall–Kier alpha value is -2.02. The maximum Gasteiger partial charge on any atom is 0.259 e. The first kappa shape index (κ1) is 14.4. The minimum atomic E-state index is -0.674. The van der Waals surface area contributed by atoms with Gasteiger partial charge in [-0.05, 0) is 49.8 Å². The van der Waals surface area contributed by atoms with E-state index in [-0.39, 0.29) is 12.5 Å². The molecule has 1 aromatic carbocycles. The summed E-state index contributed by atoms with van der Waals surface area (Å²) in [6.45, 7) is 2.04. The molecule has 1 aliphatic rings. The number of carbonyl (C=O) groups excluding carboxylic acids is 1. The Balaban J connectivity index is 1.84. The molecule has 1 N–H and O–H groups in total. The van der Waals surface area contributed by atoms with Gasteiger partial charge in [0, 0.05) is 0 Å². The number of amides is 1. The molecule has 4 heteroatoms. The molecule has 106 valence electrons. The molecule has 4 nitrogen and oxygen atoms in total. The molecule has 0 heterocycles. The van der Waals surface area contributed by atoms with Crippen molar-refractivity contribution in [3.8, 4) is 11.8 Å². The SMILES string of the molecule is CCc1ccc(OCC(=O)NC2(C#N)CCCC2)cc1. The van der Waals surface area contributed by atoms with Crippen LogP contribution in [0.15, 0.2) is 24.3 Å². The van der Waals surface area contributed by atoms with E-state index in [1.165, 1.54) is 5.56 Å². The summed E-state index contributed by atoms with van der Waals surface area (Å²) in [6, 6.07) is 9.93. The molecule has 0 aromatic heterocycles. The lowest BCUT2D eigenvalue weighted by Gasteiger charge is -2.21. The van der Waals surface area contributed by atoms with Gasteiger partial charge in [0.25, 0.3) is 5.91 Å². The summed E-state index contributed by atoms with van der Waals surface area (Å²) in [5.41, 5.74) is 0.558. The largest absolute Gasteiger partial charge is 0.484 e. The molecule has 2 rings (SSSR count). The Bertz CT molecular complexity index is 496. The molecule has 1 aromatic rings. The highest BCUT2D eigenvalue weighted by Crippen LogP contribution is 2.28. The molecule has 1 saturated carbocycles. The van der Waals surface area contributed by atoms with E-state index in [0.29, 0.717) is 5.75 Å². The van der Waals surface area contributed by atoms with Crippen LogP contribution in [-0.4, -0.2) is 18.1 Å². The van der Waals surface area contributed by atoms with E-state index in [4.69, 9.17) is 4.74 Å². The van der Waals surface area contributed by atoms with E-state index in [1.807, 2.05) is 24.3 Å². The number of ether oxygens (including phenoxy) is 1. The predicted molar refractivity (Wildman–Crippen MR) is 76.3 cm³/mol. The van der Waals surface area contributed by atoms with Crippen molar-refractivity contribution in [2.45, 2.75) is 44.6 Å². The van der Waals surface area contributed by atoms with Gasteiger partial charge < -0.3 is 10.1 Å². The van der Waals surface area contributed by atoms with Crippen LogP contribution in [0.3, 0.4) is 0 Å². The van der Waals surface area contributed by atoms with Gasteiger partial charge in [0.1, 0.15) is 11.3 Å². The van der Waals surface area contributed by atoms with Crippen LogP contribution in [-0.2, 0) is 11.2 Å². The highest BCUT2D eigenvalue weighted by Gasteiger charge is 2.35. The Labute approximate surface area is 119 Å². The van der Waals surface area contributed by atoms with Gasteiger partial charge in [0.15, 0.2) is 6.61 Å². The average molecular weight is 272 g/mol. The molecule has 20 heavy (non-hydrogen) atoms. The molecule has 0 radical (unpaired) electrons. The van der Waals surface area contributed by atoms with E-state index in [0.717, 1.165) is 32.1 Å². The fourth-order valence-electron chi connectivity index (χ4n) is 2.52. The number of hydrogen-bond acceptors (Lipinski definition) is 3. The van der Waals surface area contributed by atoms with Crippen LogP contribution in [0, 0.1) is 11.3 Å². The van der Waals surface area contributed by atoms with Crippen molar-refractivity contribution in [1.29, 1.82) is 5.26 Å². The number of benzene rings is 1. The van der Waals surface area contributed by atoms with Crippen molar-refractivity contribution < 1.29 is 9.53 Å². The Kier molecular flexibility index (Phi) is 4.62. The standard InChI is InChI=1S/C16H20N2O2/c1-2-13-5-7-14(8-6-13)20-11-15(19)18-16(12-17)9-3-4-10-16/h5-8H,2-4,9-11H2,1H3,(H,18,19). The Morgan fingerprint density at radius 1 is 1.35 bits per heavy atom. The van der Waals surface area contributed by atoms with Gasteiger partial charge in [-0.1, -0.05) is 19.1 Å². The van der Waals surface area contributed by atoms with Crippen molar-refractivity contribution in [3.63, 3.8) is 0 Å². The summed E-state index contributed by atoms with van der Waals surface area (Å²) >= 11 is 0. The van der Waals surface area contributed by atoms with Gasteiger partial charge in [-0.2, -0.15) is 5.26 Å². The summed E-state index contributed by atoms with van der Waals surface area (Å²) in [5.74, 6) is 0.447. The average Bonchev–Trinajstić information content (AvgIpc) is 2.95. The molecular formula is C16H20N2O2. The summed E-state index contributed by atoms with van der Waals surface area (Å²) in [6.07, 6.45) is 4.44. The normalized spacial score (nSPS) is 16.4. The molecule has 0 atom stereocenters. The summed E-state index contributed by atoms with van der Waals surface area (Å²) in [4.78, 5) is 11.9. The maximum absolute atomic E-state index is 11.9. The van der Waals surface area contributed by atoms with E-state index in [9.17, 15) is 10.1 Å². The van der Waals surface area contributed by atoms with Crippen LogP contribution in [0.5, 0.6) is 5.75 Å². The quantitative estimate of drug-likeness (QED) is 0.896. The van der Waals surface area contributed by atoms with Crippen LogP contribution in [0.4, 0.5) is 0 Å². The van der Waals surface area contributed by atoms with Gasteiger partial charge in [-0.15, -0.1) is 0 Å². The second kappa shape index (κ2) is 6.42. The van der Waals surface area contributed by atoms with Crippen LogP contribution < -0.4 is 10.1 Å². The van der Waals surface area contributed by atoms with Crippen molar-refractivity contribution in [2.24, 2.45) is 0 Å². The number of carbonyl (C=O) groups is 1. The van der Waals surface area contributed by atoms with Crippen molar-refractivity contribution >= 4 is 5.91 Å². The molecule has 1 amide bonds. The van der Waals surface area contributed by atoms with Crippen LogP contribution in [0.25, 0.3) is 0 Å². The summed E-state index contributed by atoms with van der Waals surface area (Å²) < 4.78 is 5.45. The molecule has 0 unspecified atom stereocenters. The van der Waals surface area contributed by atoms with E-state index >= 15 is 0 Å². The molecular weight excluding hydrogens is 252 g/mol. The first-order valence-electron chi connectivity index (χ1n) is 7.11. The van der Waals surface area contributed by atoms with Crippen molar-refractivity contribution in [3.05, 3.63) is 29.8 Å². The summed E-state index contributed by atoms with van der Waals surface area (Å²) in [5, 5.41) is 12.0. The third kappa shape index (κ3) is 3.51. The maximum atomic E-state index is 11.9. The second-order valence-electron chi connectivity index (χ2n) is 5.24. The van der Waals surface area contributed by atoms with E-state index < -0.39 is 5.54 Å². The topological polar surface area (TPSA) is 62.1 Å². The van der Waals surface area contributed by atoms with Gasteiger partial charge in [-0.25, -0.2) is 0 Å². The molecule has 0 aliphatic heterocycles. The number of hydrogen-bond donors (Lipinski definition) is 1. The molecule has 0 bridgehead atoms. The zero-order valence-corrected chi connectivity index (χ0v) is 11.8. The molecule has 0 spiro atoms. The third-order valence-corrected chi connectivity index (χ3v) is 3.75. The third-order valence-electron chi connectivity index (χ3n) is 3.75. The van der Waals surface area contributed by atoms with Crippen molar-refractivity contribution in [2.75, 3.05) is 6.61 Å². The van der Waals surface area contributed by atoms with E-state index in [2.05, 4.69) is 18.3 Å². The fourth-order valence-corrected chi connectivity index (χ4v) is 2.52. The minimum absolute atomic E-state index is 0.0467. The van der Waals surface area contributed by atoms with Crippen LogP contribution in [0.1, 0.15) is 38.2 Å². The lowest BCUT2D eigenvalue weighted by molar-refractivity contribution is -0.124. The second-order valence-corrected chi connectivity index (χ2v) is 5.24. The fraction of sp³-hybridized carbons (Fsp3) is 0.500. The Morgan fingerprint density at radius 2 is 2.00 bits per heavy atom. The molecule has 1 fully saturated rings. The van der Waals surface area contributed by atoms with Gasteiger partial charge >= 0.3 is 0 Å². The zero-order valence-electron chi connectivity index (χ0n) is 11.8. The highest BCUT2D eigenvalue weighted by molar-refractivity contribution is 5.79. The monoisotopic (exact) mass is 272 g/mol. The van der Waals surface area contributed by atoms with Gasteiger partial charge in [0.2, 0.25) is 0 Å². The van der Waals surface area contributed by atoms with E-state index in [1.54, 1.807) is 0 Å². The molecule has 0 saturated heterocycles. The zero-order chi connectivity index (χ0) is 14.4. The lowest BCUT2D eigenvalue weighted by Crippen LogP contribution is -2.47. The molecule has 1 aliphatic carbocycles. The number of aryl methyl sites for hydroxylation is 1. The van der Waals surface area contributed by atoms with Crippen LogP contribution >= 0.6 is 0 Å². The predicted octanol–water partition coefficient (Wildman–Crippen LogP) is 2.58. The Morgan fingerprint density at radius 3 is 2.55 bits per heavy atom.